The predicted molar refractivity (Wildman–Crippen MR) is 86.1 cm³/mol. The standard InChI is InChI=1S/C18H18N2/c1-3-19-18-13(2)11-16-12-15(9-10-17(16)20-18)14-7-5-4-6-8-14/h4-12H,3H2,1-2H3,(H,19,20). The first-order valence-electron chi connectivity index (χ1n) is 6.98. The summed E-state index contributed by atoms with van der Waals surface area (Å²) in [6.45, 7) is 5.07. The highest BCUT2D eigenvalue weighted by atomic mass is 15.0. The highest BCUT2D eigenvalue weighted by Gasteiger charge is 2.04. The smallest absolute Gasteiger partial charge is 0.129 e. The second kappa shape index (κ2) is 5.33. The first kappa shape index (κ1) is 12.7. The summed E-state index contributed by atoms with van der Waals surface area (Å²) in [7, 11) is 0. The minimum absolute atomic E-state index is 0.890. The van der Waals surface area contributed by atoms with Gasteiger partial charge in [-0.1, -0.05) is 36.4 Å². The summed E-state index contributed by atoms with van der Waals surface area (Å²) < 4.78 is 0. The Morgan fingerprint density at radius 2 is 1.75 bits per heavy atom. The molecule has 1 N–H and O–H groups in total. The van der Waals surface area contributed by atoms with Crippen LogP contribution in [-0.4, -0.2) is 11.5 Å². The van der Waals surface area contributed by atoms with Crippen molar-refractivity contribution in [2.45, 2.75) is 13.8 Å². The maximum Gasteiger partial charge on any atom is 0.129 e. The second-order valence-electron chi connectivity index (χ2n) is 4.96. The summed E-state index contributed by atoms with van der Waals surface area (Å²) >= 11 is 0. The maximum atomic E-state index is 4.69. The van der Waals surface area contributed by atoms with Crippen LogP contribution >= 0.6 is 0 Å². The van der Waals surface area contributed by atoms with Gasteiger partial charge in [0.25, 0.3) is 0 Å². The zero-order valence-corrected chi connectivity index (χ0v) is 11.9. The second-order valence-corrected chi connectivity index (χ2v) is 4.96. The van der Waals surface area contributed by atoms with E-state index in [1.807, 2.05) is 6.07 Å². The number of benzene rings is 2. The average molecular weight is 262 g/mol. The largest absolute Gasteiger partial charge is 0.370 e. The van der Waals surface area contributed by atoms with Gasteiger partial charge in [-0.05, 0) is 48.7 Å². The number of fused-ring (bicyclic) bond motifs is 1. The Labute approximate surface area is 119 Å². The molecule has 2 heteroatoms. The Morgan fingerprint density at radius 1 is 0.950 bits per heavy atom. The summed E-state index contributed by atoms with van der Waals surface area (Å²) in [4.78, 5) is 4.69. The van der Waals surface area contributed by atoms with Crippen LogP contribution in [0, 0.1) is 6.92 Å². The third kappa shape index (κ3) is 2.37. The molecule has 1 heterocycles. The lowest BCUT2D eigenvalue weighted by Crippen LogP contribution is -2.01. The number of hydrogen-bond donors (Lipinski definition) is 1. The van der Waals surface area contributed by atoms with Crippen molar-refractivity contribution in [3.63, 3.8) is 0 Å². The van der Waals surface area contributed by atoms with Crippen molar-refractivity contribution >= 4 is 16.7 Å². The van der Waals surface area contributed by atoms with E-state index in [9.17, 15) is 0 Å². The van der Waals surface area contributed by atoms with Crippen molar-refractivity contribution in [1.29, 1.82) is 0 Å². The zero-order valence-electron chi connectivity index (χ0n) is 11.9. The highest BCUT2D eigenvalue weighted by molar-refractivity contribution is 5.86. The van der Waals surface area contributed by atoms with Gasteiger partial charge < -0.3 is 5.32 Å². The van der Waals surface area contributed by atoms with E-state index in [4.69, 9.17) is 0 Å². The molecule has 3 aromatic rings. The fourth-order valence-electron chi connectivity index (χ4n) is 2.44. The molecule has 0 atom stereocenters. The molecule has 2 nitrogen and oxygen atoms in total. The van der Waals surface area contributed by atoms with Gasteiger partial charge in [0, 0.05) is 11.9 Å². The van der Waals surface area contributed by atoms with E-state index in [0.717, 1.165) is 17.9 Å². The van der Waals surface area contributed by atoms with E-state index in [2.05, 4.69) is 72.7 Å². The van der Waals surface area contributed by atoms with Crippen LogP contribution in [0.1, 0.15) is 12.5 Å². The molecule has 0 spiro atoms. The molecule has 3 rings (SSSR count). The van der Waals surface area contributed by atoms with Gasteiger partial charge >= 0.3 is 0 Å². The van der Waals surface area contributed by atoms with Crippen LogP contribution in [0.3, 0.4) is 0 Å². The Morgan fingerprint density at radius 3 is 2.50 bits per heavy atom. The van der Waals surface area contributed by atoms with Crippen LogP contribution in [0.2, 0.25) is 0 Å². The number of nitrogens with one attached hydrogen (secondary N) is 1. The predicted octanol–water partition coefficient (Wildman–Crippen LogP) is 4.64. The Balaban J connectivity index is 2.10. The molecule has 20 heavy (non-hydrogen) atoms. The fraction of sp³-hybridized carbons (Fsp3) is 0.167. The van der Waals surface area contributed by atoms with Crippen molar-refractivity contribution in [2.24, 2.45) is 0 Å². The number of hydrogen-bond acceptors (Lipinski definition) is 2. The molecule has 0 aliphatic heterocycles. The lowest BCUT2D eigenvalue weighted by atomic mass is 10.0. The number of anilines is 1. The van der Waals surface area contributed by atoms with Crippen molar-refractivity contribution in [2.75, 3.05) is 11.9 Å². The topological polar surface area (TPSA) is 24.9 Å². The molecule has 1 aromatic heterocycles. The fourth-order valence-corrected chi connectivity index (χ4v) is 2.44. The van der Waals surface area contributed by atoms with Gasteiger partial charge in [-0.2, -0.15) is 0 Å². The van der Waals surface area contributed by atoms with E-state index in [-0.39, 0.29) is 0 Å². The molecule has 0 amide bonds. The van der Waals surface area contributed by atoms with Gasteiger partial charge in [0.15, 0.2) is 0 Å². The monoisotopic (exact) mass is 262 g/mol. The van der Waals surface area contributed by atoms with Crippen LogP contribution < -0.4 is 5.32 Å². The highest BCUT2D eigenvalue weighted by Crippen LogP contribution is 2.26. The zero-order chi connectivity index (χ0) is 13.9. The van der Waals surface area contributed by atoms with Crippen molar-refractivity contribution in [1.82, 2.24) is 4.98 Å². The van der Waals surface area contributed by atoms with Crippen LogP contribution in [0.5, 0.6) is 0 Å². The van der Waals surface area contributed by atoms with E-state index < -0.39 is 0 Å². The van der Waals surface area contributed by atoms with Crippen molar-refractivity contribution in [3.05, 3.63) is 60.2 Å². The molecular weight excluding hydrogens is 244 g/mol. The lowest BCUT2D eigenvalue weighted by Gasteiger charge is -2.09. The summed E-state index contributed by atoms with van der Waals surface area (Å²) in [5.41, 5.74) is 4.69. The Bertz CT molecular complexity index is 733. The molecule has 0 aliphatic rings. The van der Waals surface area contributed by atoms with Crippen LogP contribution in [0.25, 0.3) is 22.0 Å². The summed E-state index contributed by atoms with van der Waals surface area (Å²) in [5.74, 6) is 0.979. The molecule has 0 radical (unpaired) electrons. The molecule has 0 fully saturated rings. The number of aryl methyl sites for hydroxylation is 1. The van der Waals surface area contributed by atoms with Gasteiger partial charge in [0.05, 0.1) is 5.52 Å². The summed E-state index contributed by atoms with van der Waals surface area (Å²) in [5, 5.41) is 4.49. The van der Waals surface area contributed by atoms with E-state index in [1.165, 1.54) is 22.1 Å². The Kier molecular flexibility index (Phi) is 3.38. The third-order valence-corrected chi connectivity index (χ3v) is 3.46. The van der Waals surface area contributed by atoms with Crippen molar-refractivity contribution in [3.8, 4) is 11.1 Å². The SMILES string of the molecule is CCNc1nc2ccc(-c3ccccc3)cc2cc1C. The van der Waals surface area contributed by atoms with E-state index in [1.54, 1.807) is 0 Å². The van der Waals surface area contributed by atoms with Gasteiger partial charge in [0.2, 0.25) is 0 Å². The normalized spacial score (nSPS) is 10.7. The van der Waals surface area contributed by atoms with Crippen LogP contribution in [0.15, 0.2) is 54.6 Å². The van der Waals surface area contributed by atoms with E-state index >= 15 is 0 Å². The first-order chi connectivity index (χ1) is 9.78. The van der Waals surface area contributed by atoms with Crippen LogP contribution in [0.4, 0.5) is 5.82 Å². The quantitative estimate of drug-likeness (QED) is 0.743. The van der Waals surface area contributed by atoms with E-state index in [0.29, 0.717) is 0 Å². The number of nitrogens with zero attached hydrogens (tertiary/aromatic N) is 1. The van der Waals surface area contributed by atoms with Gasteiger partial charge in [-0.15, -0.1) is 0 Å². The molecule has 0 saturated carbocycles. The molecule has 0 aliphatic carbocycles. The maximum absolute atomic E-state index is 4.69. The first-order valence-corrected chi connectivity index (χ1v) is 6.98. The molecule has 0 bridgehead atoms. The molecule has 100 valence electrons. The number of rotatable bonds is 3. The van der Waals surface area contributed by atoms with Crippen LogP contribution in [-0.2, 0) is 0 Å². The molecule has 2 aromatic carbocycles. The summed E-state index contributed by atoms with van der Waals surface area (Å²) in [6, 6.07) is 19.1. The van der Waals surface area contributed by atoms with Gasteiger partial charge in [0.1, 0.15) is 5.82 Å². The Hall–Kier alpha value is -2.35. The average Bonchev–Trinajstić information content (AvgIpc) is 2.49. The molecule has 0 saturated heterocycles. The molecular formula is C18H18N2. The minimum Gasteiger partial charge on any atom is -0.370 e. The van der Waals surface area contributed by atoms with Gasteiger partial charge in [-0.3, -0.25) is 0 Å². The minimum atomic E-state index is 0.890. The lowest BCUT2D eigenvalue weighted by molar-refractivity contribution is 1.16. The van der Waals surface area contributed by atoms with Gasteiger partial charge in [-0.25, -0.2) is 4.98 Å². The van der Waals surface area contributed by atoms with Crippen molar-refractivity contribution < 1.29 is 0 Å². The summed E-state index contributed by atoms with van der Waals surface area (Å²) in [6.07, 6.45) is 0. The number of pyridine rings is 1. The third-order valence-electron chi connectivity index (χ3n) is 3.46. The number of aromatic nitrogens is 1. The molecule has 0 unspecified atom stereocenters.